The predicted octanol–water partition coefficient (Wildman–Crippen LogP) is 4.33. The molecule has 0 radical (unpaired) electrons. The van der Waals surface area contributed by atoms with Crippen molar-refractivity contribution in [1.82, 2.24) is 4.57 Å². The summed E-state index contributed by atoms with van der Waals surface area (Å²) in [6.45, 7) is -1.20. The van der Waals surface area contributed by atoms with E-state index in [0.717, 1.165) is 22.8 Å². The number of aliphatic hydroxyl groups excluding tert-OH is 1. The van der Waals surface area contributed by atoms with Crippen molar-refractivity contribution in [2.24, 2.45) is 0 Å². The first-order valence-corrected chi connectivity index (χ1v) is 6.78. The van der Waals surface area contributed by atoms with Crippen LogP contribution in [0.2, 0.25) is 0 Å². The molecule has 3 rings (SSSR count). The largest absolute Gasteiger partial charge is 0.418 e. The van der Waals surface area contributed by atoms with E-state index in [1.54, 1.807) is 0 Å². The van der Waals surface area contributed by atoms with Gasteiger partial charge < -0.3 is 9.67 Å². The van der Waals surface area contributed by atoms with E-state index in [2.05, 4.69) is 0 Å². The fourth-order valence-electron chi connectivity index (χ4n) is 2.85. The highest BCUT2D eigenvalue weighted by atomic mass is 19.4. The SMILES string of the molecule is O[C@H]1c2c(C(F)(F)F)cn(-c3ccc(F)c(CF)c3)c2CC1(F)F. The number of benzene rings is 1. The lowest BCUT2D eigenvalue weighted by Gasteiger charge is -2.16. The molecule has 1 atom stereocenters. The third kappa shape index (κ3) is 2.47. The highest BCUT2D eigenvalue weighted by Gasteiger charge is 2.53. The summed E-state index contributed by atoms with van der Waals surface area (Å²) >= 11 is 0. The molecule has 1 aromatic heterocycles. The molecule has 1 N–H and O–H groups in total. The summed E-state index contributed by atoms with van der Waals surface area (Å²) in [6.07, 6.45) is -8.11. The minimum Gasteiger partial charge on any atom is -0.382 e. The van der Waals surface area contributed by atoms with Gasteiger partial charge >= 0.3 is 6.18 Å². The summed E-state index contributed by atoms with van der Waals surface area (Å²) in [7, 11) is 0. The molecule has 0 unspecified atom stereocenters. The van der Waals surface area contributed by atoms with Crippen LogP contribution in [-0.4, -0.2) is 15.6 Å². The Morgan fingerprint density at radius 1 is 1.25 bits per heavy atom. The molecule has 24 heavy (non-hydrogen) atoms. The van der Waals surface area contributed by atoms with Gasteiger partial charge in [0.2, 0.25) is 0 Å². The van der Waals surface area contributed by atoms with Crippen LogP contribution < -0.4 is 0 Å². The minimum absolute atomic E-state index is 0.0966. The van der Waals surface area contributed by atoms with Crippen LogP contribution in [0, 0.1) is 5.82 Å². The van der Waals surface area contributed by atoms with Crippen LogP contribution in [0.3, 0.4) is 0 Å². The topological polar surface area (TPSA) is 25.2 Å². The van der Waals surface area contributed by atoms with Gasteiger partial charge in [0.15, 0.2) is 0 Å². The molecule has 9 heteroatoms. The Morgan fingerprint density at radius 3 is 2.50 bits per heavy atom. The third-order valence-electron chi connectivity index (χ3n) is 3.98. The number of rotatable bonds is 2. The first-order chi connectivity index (χ1) is 11.1. The lowest BCUT2D eigenvalue weighted by molar-refractivity contribution is -0.142. The average molecular weight is 353 g/mol. The van der Waals surface area contributed by atoms with Gasteiger partial charge in [0.05, 0.1) is 12.0 Å². The lowest BCUT2D eigenvalue weighted by Crippen LogP contribution is -2.23. The van der Waals surface area contributed by atoms with Gasteiger partial charge in [-0.2, -0.15) is 13.2 Å². The van der Waals surface area contributed by atoms with E-state index in [0.29, 0.717) is 6.20 Å². The zero-order valence-corrected chi connectivity index (χ0v) is 11.8. The van der Waals surface area contributed by atoms with E-state index in [1.807, 2.05) is 0 Å². The molecule has 1 heterocycles. The molecule has 1 aromatic carbocycles. The zero-order valence-electron chi connectivity index (χ0n) is 11.8. The van der Waals surface area contributed by atoms with Crippen molar-refractivity contribution < 1.29 is 35.8 Å². The van der Waals surface area contributed by atoms with E-state index < -0.39 is 59.5 Å². The Balaban J connectivity index is 2.23. The van der Waals surface area contributed by atoms with E-state index in [4.69, 9.17) is 0 Å². The van der Waals surface area contributed by atoms with Crippen molar-refractivity contribution in [2.45, 2.75) is 31.3 Å². The average Bonchev–Trinajstić information content (AvgIpc) is 2.95. The highest BCUT2D eigenvalue weighted by Crippen LogP contribution is 2.49. The van der Waals surface area contributed by atoms with Crippen LogP contribution in [0.25, 0.3) is 5.69 Å². The first kappa shape index (κ1) is 16.8. The Labute approximate surface area is 131 Å². The van der Waals surface area contributed by atoms with Crippen molar-refractivity contribution in [3.63, 3.8) is 0 Å². The van der Waals surface area contributed by atoms with Crippen LogP contribution in [0.5, 0.6) is 0 Å². The first-order valence-electron chi connectivity index (χ1n) is 6.78. The molecule has 0 spiro atoms. The summed E-state index contributed by atoms with van der Waals surface area (Å²) in [4.78, 5) is 0. The maximum absolute atomic E-state index is 13.7. The second kappa shape index (κ2) is 5.23. The Hall–Kier alpha value is -2.03. The molecule has 0 aliphatic heterocycles. The third-order valence-corrected chi connectivity index (χ3v) is 3.98. The van der Waals surface area contributed by atoms with Gasteiger partial charge in [0.25, 0.3) is 5.92 Å². The summed E-state index contributed by atoms with van der Waals surface area (Å²) in [5.41, 5.74) is -3.24. The normalized spacial score (nSPS) is 19.6. The van der Waals surface area contributed by atoms with Gasteiger partial charge in [-0.05, 0) is 18.2 Å². The molecule has 1 aliphatic carbocycles. The maximum atomic E-state index is 13.7. The van der Waals surface area contributed by atoms with E-state index in [-0.39, 0.29) is 5.69 Å². The highest BCUT2D eigenvalue weighted by molar-refractivity contribution is 5.49. The fraction of sp³-hybridized carbons (Fsp3) is 0.333. The quantitative estimate of drug-likeness (QED) is 0.799. The molecule has 1 aliphatic rings. The Kier molecular flexibility index (Phi) is 3.67. The van der Waals surface area contributed by atoms with Gasteiger partial charge in [-0.15, -0.1) is 0 Å². The lowest BCUT2D eigenvalue weighted by atomic mass is 10.1. The second-order valence-corrected chi connectivity index (χ2v) is 5.52. The van der Waals surface area contributed by atoms with Crippen LogP contribution in [-0.2, 0) is 19.3 Å². The Morgan fingerprint density at radius 2 is 1.92 bits per heavy atom. The van der Waals surface area contributed by atoms with Crippen LogP contribution in [0.4, 0.5) is 30.7 Å². The fourth-order valence-corrected chi connectivity index (χ4v) is 2.85. The number of aromatic nitrogens is 1. The molecule has 2 nitrogen and oxygen atoms in total. The molecule has 0 bridgehead atoms. The number of hydrogen-bond acceptors (Lipinski definition) is 1. The van der Waals surface area contributed by atoms with Gasteiger partial charge in [-0.3, -0.25) is 0 Å². The number of halogens is 7. The van der Waals surface area contributed by atoms with Gasteiger partial charge in [-0.1, -0.05) is 0 Å². The minimum atomic E-state index is -4.96. The smallest absolute Gasteiger partial charge is 0.382 e. The summed E-state index contributed by atoms with van der Waals surface area (Å²) in [5, 5.41) is 9.58. The van der Waals surface area contributed by atoms with Crippen LogP contribution >= 0.6 is 0 Å². The second-order valence-electron chi connectivity index (χ2n) is 5.52. The Bertz CT molecular complexity index is 794. The number of aliphatic hydroxyl groups is 1. The van der Waals surface area contributed by atoms with Crippen molar-refractivity contribution in [1.29, 1.82) is 0 Å². The molecular weight excluding hydrogens is 343 g/mol. The van der Waals surface area contributed by atoms with E-state index >= 15 is 0 Å². The summed E-state index contributed by atoms with van der Waals surface area (Å²) in [6, 6.07) is 2.84. The van der Waals surface area contributed by atoms with Crippen LogP contribution in [0.15, 0.2) is 24.4 Å². The monoisotopic (exact) mass is 353 g/mol. The number of alkyl halides is 6. The molecule has 0 saturated carbocycles. The predicted molar refractivity (Wildman–Crippen MR) is 69.2 cm³/mol. The zero-order chi connectivity index (χ0) is 17.9. The van der Waals surface area contributed by atoms with Crippen molar-refractivity contribution >= 4 is 0 Å². The number of fused-ring (bicyclic) bond motifs is 1. The number of nitrogens with zero attached hydrogens (tertiary/aromatic N) is 1. The maximum Gasteiger partial charge on any atom is 0.418 e. The van der Waals surface area contributed by atoms with Gasteiger partial charge in [-0.25, -0.2) is 17.6 Å². The molecule has 130 valence electrons. The van der Waals surface area contributed by atoms with E-state index in [1.165, 1.54) is 0 Å². The molecule has 2 aromatic rings. The summed E-state index contributed by atoms with van der Waals surface area (Å²) < 4.78 is 93.6. The van der Waals surface area contributed by atoms with Gasteiger partial charge in [0.1, 0.15) is 18.6 Å². The molecule has 0 amide bonds. The van der Waals surface area contributed by atoms with Gasteiger partial charge in [0, 0.05) is 28.7 Å². The van der Waals surface area contributed by atoms with Crippen LogP contribution in [0.1, 0.15) is 28.5 Å². The molecular formula is C15H10F7NO. The van der Waals surface area contributed by atoms with Crippen molar-refractivity contribution in [3.05, 3.63) is 52.6 Å². The molecule has 0 saturated heterocycles. The van der Waals surface area contributed by atoms with Crippen molar-refractivity contribution in [3.8, 4) is 5.69 Å². The van der Waals surface area contributed by atoms with E-state index in [9.17, 15) is 35.8 Å². The standard InChI is InChI=1S/C15H10F7NO/c16-5-7-3-8(1-2-10(7)17)23-6-9(15(20,21)22)12-11(23)4-14(18,19)13(12)24/h1-3,6,13,24H,4-5H2/t13-/m0/s1. The van der Waals surface area contributed by atoms with Crippen molar-refractivity contribution in [2.75, 3.05) is 0 Å². The number of hydrogen-bond donors (Lipinski definition) is 1. The summed E-state index contributed by atoms with van der Waals surface area (Å²) in [5.74, 6) is -4.65. The molecule has 0 fully saturated rings.